The van der Waals surface area contributed by atoms with Crippen LogP contribution in [0, 0.1) is 0 Å². The third-order valence-electron chi connectivity index (χ3n) is 3.83. The van der Waals surface area contributed by atoms with Gasteiger partial charge in [-0.3, -0.25) is 4.79 Å². The van der Waals surface area contributed by atoms with Gasteiger partial charge in [-0.25, -0.2) is 0 Å². The summed E-state index contributed by atoms with van der Waals surface area (Å²) >= 11 is 0. The first-order valence-corrected chi connectivity index (χ1v) is 10.0. The van der Waals surface area contributed by atoms with Crippen LogP contribution < -0.4 is 0 Å². The van der Waals surface area contributed by atoms with Crippen LogP contribution in [0.15, 0.2) is 12.2 Å². The number of carbonyl (C=O) groups excluding carboxylic acids is 1. The molecule has 0 amide bonds. The fraction of sp³-hybridized carbons (Fsp3) is 0.833. The Morgan fingerprint density at radius 3 is 1.75 bits per heavy atom. The Morgan fingerprint density at radius 2 is 1.30 bits per heavy atom. The molecule has 0 bridgehead atoms. The van der Waals surface area contributed by atoms with Crippen LogP contribution in [0.25, 0.3) is 0 Å². The van der Waals surface area contributed by atoms with Crippen LogP contribution in [0.4, 0.5) is 0 Å². The molecule has 117 valence electrons. The Bertz CT molecular complexity index is 225. The Labute approximate surface area is 130 Å². The molecule has 0 aliphatic rings. The molecule has 1 nitrogen and oxygen atoms in total. The van der Waals surface area contributed by atoms with E-state index in [9.17, 15) is 4.79 Å². The highest BCUT2D eigenvalue weighted by Crippen LogP contribution is 2.12. The van der Waals surface area contributed by atoms with Crippen LogP contribution in [0.5, 0.6) is 0 Å². The van der Waals surface area contributed by atoms with E-state index in [0.29, 0.717) is 0 Å². The number of rotatable bonds is 15. The van der Waals surface area contributed by atoms with E-state index in [2.05, 4.69) is 13.0 Å². The van der Waals surface area contributed by atoms with Gasteiger partial charge in [-0.2, -0.15) is 0 Å². The van der Waals surface area contributed by atoms with E-state index in [1.54, 1.807) is 0 Å². The maximum atomic E-state index is 10.3. The van der Waals surface area contributed by atoms with Gasteiger partial charge in [-0.1, -0.05) is 89.7 Å². The first-order valence-electron chi connectivity index (χ1n) is 8.85. The predicted octanol–water partition coefficient (Wildman–Crippen LogP) is 4.90. The molecule has 0 spiro atoms. The van der Waals surface area contributed by atoms with E-state index >= 15 is 0 Å². The lowest BCUT2D eigenvalue weighted by atomic mass is 10.0. The molecule has 0 fully saturated rings. The molecule has 1 radical (unpaired) electrons. The molecule has 2 heteroatoms. The molecule has 0 aliphatic heterocycles. The topological polar surface area (TPSA) is 17.1 Å². The minimum absolute atomic E-state index is 0.104. The lowest BCUT2D eigenvalue weighted by Gasteiger charge is -2.02. The van der Waals surface area contributed by atoms with Crippen molar-refractivity contribution in [3.05, 3.63) is 12.2 Å². The number of hydrogen-bond donors (Lipinski definition) is 0. The maximum absolute atomic E-state index is 10.3. The largest absolute Gasteiger partial charge is 0.291 e. The van der Waals surface area contributed by atoms with Crippen LogP contribution in [0.2, 0.25) is 5.54 Å². The lowest BCUT2D eigenvalue weighted by molar-refractivity contribution is 0.545. The number of unbranched alkanes of at least 4 members (excludes halogenated alkanes) is 12. The lowest BCUT2D eigenvalue weighted by Crippen LogP contribution is -1.86. The number of hydrogen-bond acceptors (Lipinski definition) is 1. The molecule has 0 saturated carbocycles. The van der Waals surface area contributed by atoms with Crippen molar-refractivity contribution >= 4 is 16.5 Å². The van der Waals surface area contributed by atoms with Crippen molar-refractivity contribution in [1.29, 1.82) is 0 Å². The normalized spacial score (nSPS) is 13.1. The van der Waals surface area contributed by atoms with Crippen molar-refractivity contribution in [2.45, 2.75) is 95.9 Å². The summed E-state index contributed by atoms with van der Waals surface area (Å²) in [5.74, 6) is 0. The van der Waals surface area contributed by atoms with Gasteiger partial charge < -0.3 is 0 Å². The minimum Gasteiger partial charge on any atom is -0.291 e. The van der Waals surface area contributed by atoms with Gasteiger partial charge in [-0.15, -0.1) is 0 Å². The molecular formula is C18H35OSi. The van der Waals surface area contributed by atoms with E-state index in [-0.39, 0.29) is 5.54 Å². The van der Waals surface area contributed by atoms with Crippen LogP contribution in [0.1, 0.15) is 90.4 Å². The quantitative estimate of drug-likeness (QED) is 0.239. The van der Waals surface area contributed by atoms with E-state index in [0.717, 1.165) is 16.7 Å². The molecular weight excluding hydrogens is 260 g/mol. The second-order valence-electron chi connectivity index (χ2n) is 6.01. The third kappa shape index (κ3) is 15.7. The van der Waals surface area contributed by atoms with Crippen LogP contribution in [-0.2, 0) is 4.79 Å². The summed E-state index contributed by atoms with van der Waals surface area (Å²) in [6, 6.07) is 0. The van der Waals surface area contributed by atoms with Gasteiger partial charge in [0.15, 0.2) is 0 Å². The molecule has 1 atom stereocenters. The summed E-state index contributed by atoms with van der Waals surface area (Å²) in [7, 11) is 0.900. The smallest absolute Gasteiger partial charge is 0.201 e. The summed E-state index contributed by atoms with van der Waals surface area (Å²) in [4.78, 5) is 10.3. The molecule has 0 aromatic rings. The van der Waals surface area contributed by atoms with Crippen molar-refractivity contribution < 1.29 is 4.79 Å². The van der Waals surface area contributed by atoms with Gasteiger partial charge in [0.05, 0.1) is 0 Å². The molecule has 0 aliphatic carbocycles. The summed E-state index contributed by atoms with van der Waals surface area (Å²) in [6.45, 7) is 2.28. The zero-order valence-electron chi connectivity index (χ0n) is 13.8. The molecule has 0 aromatic heterocycles. The molecule has 0 rings (SSSR count). The number of allylic oxidation sites excluding steroid dienone is 2. The molecule has 20 heavy (non-hydrogen) atoms. The van der Waals surface area contributed by atoms with Crippen LogP contribution >= 0.6 is 0 Å². The minimum atomic E-state index is 0.104. The molecule has 0 aromatic carbocycles. The Balaban J connectivity index is 3.06. The van der Waals surface area contributed by atoms with Gasteiger partial charge in [0, 0.05) is 15.8 Å². The van der Waals surface area contributed by atoms with Crippen LogP contribution in [-0.4, -0.2) is 16.5 Å². The van der Waals surface area contributed by atoms with E-state index < -0.39 is 0 Å². The summed E-state index contributed by atoms with van der Waals surface area (Å²) < 4.78 is 0. The van der Waals surface area contributed by atoms with E-state index in [4.69, 9.17) is 0 Å². The van der Waals surface area contributed by atoms with Gasteiger partial charge >= 0.3 is 0 Å². The summed E-state index contributed by atoms with van der Waals surface area (Å²) in [5.41, 5.74) is 0.104. The Morgan fingerprint density at radius 1 is 0.850 bits per heavy atom. The van der Waals surface area contributed by atoms with Crippen molar-refractivity contribution in [1.82, 2.24) is 0 Å². The maximum Gasteiger partial charge on any atom is 0.201 e. The molecule has 1 unspecified atom stereocenters. The molecule has 0 saturated heterocycles. The first kappa shape index (κ1) is 19.6. The molecule has 0 N–H and O–H groups in total. The average Bonchev–Trinajstić information content (AvgIpc) is 2.47. The van der Waals surface area contributed by atoms with Crippen molar-refractivity contribution in [3.63, 3.8) is 0 Å². The second kappa shape index (κ2) is 16.7. The van der Waals surface area contributed by atoms with E-state index in [1.807, 2.05) is 12.4 Å². The SMILES string of the molecule is CCCCCCCCCCCCCCC=CC([SiH3])[C]=O. The van der Waals surface area contributed by atoms with Crippen LogP contribution in [0.3, 0.4) is 0 Å². The first-order chi connectivity index (χ1) is 9.81. The molecule has 0 heterocycles. The highest BCUT2D eigenvalue weighted by molar-refractivity contribution is 6.21. The highest BCUT2D eigenvalue weighted by Gasteiger charge is 1.94. The van der Waals surface area contributed by atoms with Crippen molar-refractivity contribution in [3.8, 4) is 0 Å². The summed E-state index contributed by atoms with van der Waals surface area (Å²) in [5, 5.41) is 0. The average molecular weight is 296 g/mol. The van der Waals surface area contributed by atoms with Gasteiger partial charge in [-0.05, 0) is 12.8 Å². The zero-order valence-corrected chi connectivity index (χ0v) is 15.8. The van der Waals surface area contributed by atoms with Gasteiger partial charge in [0.2, 0.25) is 6.29 Å². The highest BCUT2D eigenvalue weighted by atomic mass is 28.1. The zero-order chi connectivity index (χ0) is 14.9. The van der Waals surface area contributed by atoms with Crippen molar-refractivity contribution in [2.24, 2.45) is 0 Å². The van der Waals surface area contributed by atoms with Gasteiger partial charge in [0.25, 0.3) is 0 Å². The third-order valence-corrected chi connectivity index (χ3v) is 4.46. The monoisotopic (exact) mass is 295 g/mol. The predicted molar refractivity (Wildman–Crippen MR) is 94.2 cm³/mol. The summed E-state index contributed by atoms with van der Waals surface area (Å²) in [6.07, 6.45) is 24.2. The second-order valence-corrected chi connectivity index (χ2v) is 7.26. The Hall–Kier alpha value is -0.373. The van der Waals surface area contributed by atoms with E-state index in [1.165, 1.54) is 77.0 Å². The fourth-order valence-electron chi connectivity index (χ4n) is 2.44. The Kier molecular flexibility index (Phi) is 16.4. The van der Waals surface area contributed by atoms with Gasteiger partial charge in [0.1, 0.15) is 0 Å². The standard InChI is InChI=1S/C18H35OSi/c1-2-3-4-5-6-7-8-9-10-11-12-13-14-15-16-18(20)17-19/h15-16,18H,2-14H2,1,20H3. The fourth-order valence-corrected chi connectivity index (χ4v) is 2.71. The van der Waals surface area contributed by atoms with Crippen molar-refractivity contribution in [2.75, 3.05) is 0 Å².